The van der Waals surface area contributed by atoms with Crippen LogP contribution in [0.2, 0.25) is 0 Å². The normalized spacial score (nSPS) is 19.8. The van der Waals surface area contributed by atoms with Crippen LogP contribution < -0.4 is 0 Å². The zero-order chi connectivity index (χ0) is 19.1. The van der Waals surface area contributed by atoms with E-state index in [2.05, 4.69) is 15.2 Å². The number of aryl methyl sites for hydroxylation is 3. The molecule has 140 valence electrons. The third kappa shape index (κ3) is 3.19. The molecule has 1 aromatic carbocycles. The number of carbonyl (C=O) groups is 1. The number of fused-ring (bicyclic) bond motifs is 1. The molecule has 1 aliphatic rings. The summed E-state index contributed by atoms with van der Waals surface area (Å²) in [6, 6.07) is 7.43. The molecule has 7 nitrogen and oxygen atoms in total. The number of nitrogens with zero attached hydrogens (tertiary/aromatic N) is 4. The van der Waals surface area contributed by atoms with E-state index in [4.69, 9.17) is 4.42 Å². The highest BCUT2D eigenvalue weighted by molar-refractivity contribution is 5.99. The first-order chi connectivity index (χ1) is 13.0. The number of rotatable bonds is 3. The van der Waals surface area contributed by atoms with Crippen LogP contribution in [0, 0.1) is 13.8 Å². The quantitative estimate of drug-likeness (QED) is 0.766. The summed E-state index contributed by atoms with van der Waals surface area (Å²) in [4.78, 5) is 19.5. The van der Waals surface area contributed by atoms with E-state index in [-0.39, 0.29) is 12.5 Å². The molecule has 1 saturated heterocycles. The summed E-state index contributed by atoms with van der Waals surface area (Å²) in [6.07, 6.45) is 0.395. The first-order valence-electron chi connectivity index (χ1n) is 9.15. The van der Waals surface area contributed by atoms with Crippen molar-refractivity contribution >= 4 is 16.8 Å². The molecular weight excluding hydrogens is 344 g/mol. The second-order valence-corrected chi connectivity index (χ2v) is 7.07. The van der Waals surface area contributed by atoms with Crippen molar-refractivity contribution in [3.05, 3.63) is 52.9 Å². The lowest BCUT2D eigenvalue weighted by Gasteiger charge is -2.22. The topological polar surface area (TPSA) is 92.4 Å². The van der Waals surface area contributed by atoms with Crippen molar-refractivity contribution in [2.24, 2.45) is 0 Å². The van der Waals surface area contributed by atoms with Gasteiger partial charge in [0, 0.05) is 24.8 Å². The minimum absolute atomic E-state index is 0.179. The van der Waals surface area contributed by atoms with E-state index in [1.165, 1.54) is 0 Å². The Labute approximate surface area is 157 Å². The third-order valence-electron chi connectivity index (χ3n) is 5.00. The van der Waals surface area contributed by atoms with Crippen LogP contribution in [0.25, 0.3) is 10.9 Å². The number of aromatic nitrogens is 3. The zero-order valence-corrected chi connectivity index (χ0v) is 15.6. The van der Waals surface area contributed by atoms with E-state index in [0.717, 1.165) is 16.5 Å². The van der Waals surface area contributed by atoms with Crippen LogP contribution in [0.3, 0.4) is 0 Å². The minimum Gasteiger partial charge on any atom is -0.423 e. The summed E-state index contributed by atoms with van der Waals surface area (Å²) in [5.74, 6) is 0.720. The number of carbonyl (C=O) groups excluding carboxylic acids is 1. The molecule has 3 heterocycles. The Kier molecular flexibility index (Phi) is 4.39. The maximum Gasteiger partial charge on any atom is 0.256 e. The van der Waals surface area contributed by atoms with Crippen molar-refractivity contribution in [3.63, 3.8) is 0 Å². The standard InChI is InChI=1S/C20H22N4O3/c1-4-18-22-23-19(27-18)17-9-14(25)10-24(17)20(26)15-8-13-7-11(2)5-6-16(13)21-12(15)3/h5-8,14,17,25H,4,9-10H2,1-3H3/t14-,17-/m1/s1. The van der Waals surface area contributed by atoms with Gasteiger partial charge >= 0.3 is 0 Å². The Morgan fingerprint density at radius 2 is 2.11 bits per heavy atom. The van der Waals surface area contributed by atoms with Crippen LogP contribution in [-0.4, -0.2) is 43.7 Å². The van der Waals surface area contributed by atoms with Gasteiger partial charge in [-0.25, -0.2) is 0 Å². The highest BCUT2D eigenvalue weighted by Gasteiger charge is 2.39. The molecule has 1 aliphatic heterocycles. The Hall–Kier alpha value is -2.80. The predicted molar refractivity (Wildman–Crippen MR) is 99.3 cm³/mol. The van der Waals surface area contributed by atoms with Gasteiger partial charge < -0.3 is 14.4 Å². The number of hydrogen-bond donors (Lipinski definition) is 1. The Morgan fingerprint density at radius 3 is 2.85 bits per heavy atom. The number of likely N-dealkylation sites (tertiary alicyclic amines) is 1. The first-order valence-corrected chi connectivity index (χ1v) is 9.15. The molecule has 7 heteroatoms. The highest BCUT2D eigenvalue weighted by Crippen LogP contribution is 2.33. The lowest BCUT2D eigenvalue weighted by Crippen LogP contribution is -2.32. The molecule has 3 aromatic rings. The molecule has 0 spiro atoms. The number of β-amino-alcohol motifs (C(OH)–C–C–N with tert-alkyl or cyclic N) is 1. The Morgan fingerprint density at radius 1 is 1.30 bits per heavy atom. The van der Waals surface area contributed by atoms with Gasteiger partial charge in [0.1, 0.15) is 6.04 Å². The SMILES string of the molecule is CCc1nnc([C@H]2C[C@@H](O)CN2C(=O)c2cc3cc(C)ccc3nc2C)o1. The van der Waals surface area contributed by atoms with Crippen molar-refractivity contribution in [1.82, 2.24) is 20.1 Å². The van der Waals surface area contributed by atoms with E-state index in [9.17, 15) is 9.90 Å². The molecule has 2 atom stereocenters. The van der Waals surface area contributed by atoms with Gasteiger partial charge in [-0.3, -0.25) is 9.78 Å². The Bertz CT molecular complexity index is 1010. The van der Waals surface area contributed by atoms with Crippen LogP contribution in [0.4, 0.5) is 0 Å². The molecular formula is C20H22N4O3. The van der Waals surface area contributed by atoms with Crippen LogP contribution >= 0.6 is 0 Å². The monoisotopic (exact) mass is 366 g/mol. The number of hydrogen-bond acceptors (Lipinski definition) is 6. The van der Waals surface area contributed by atoms with Gasteiger partial charge in [-0.05, 0) is 32.0 Å². The van der Waals surface area contributed by atoms with Gasteiger partial charge in [0.2, 0.25) is 11.8 Å². The first kappa shape index (κ1) is 17.6. The molecule has 0 aliphatic carbocycles. The molecule has 1 fully saturated rings. The van der Waals surface area contributed by atoms with Crippen LogP contribution in [-0.2, 0) is 6.42 Å². The van der Waals surface area contributed by atoms with Crippen LogP contribution in [0.15, 0.2) is 28.7 Å². The number of amides is 1. The fourth-order valence-electron chi connectivity index (χ4n) is 3.58. The molecule has 0 saturated carbocycles. The van der Waals surface area contributed by atoms with Gasteiger partial charge in [-0.2, -0.15) is 0 Å². The summed E-state index contributed by atoms with van der Waals surface area (Å²) in [5.41, 5.74) is 3.16. The summed E-state index contributed by atoms with van der Waals surface area (Å²) < 4.78 is 5.65. The van der Waals surface area contributed by atoms with E-state index < -0.39 is 12.1 Å². The second-order valence-electron chi connectivity index (χ2n) is 7.07. The number of benzene rings is 1. The summed E-state index contributed by atoms with van der Waals surface area (Å²) in [5, 5.41) is 19.2. The molecule has 1 N–H and O–H groups in total. The Balaban J connectivity index is 1.72. The molecule has 4 rings (SSSR count). The molecule has 1 amide bonds. The van der Waals surface area contributed by atoms with Gasteiger partial charge in [0.05, 0.1) is 22.9 Å². The molecule has 27 heavy (non-hydrogen) atoms. The molecule has 0 unspecified atom stereocenters. The molecule has 0 bridgehead atoms. The van der Waals surface area contributed by atoms with Gasteiger partial charge in [0.25, 0.3) is 5.91 Å². The zero-order valence-electron chi connectivity index (χ0n) is 15.6. The lowest BCUT2D eigenvalue weighted by atomic mass is 10.1. The second kappa shape index (κ2) is 6.74. The van der Waals surface area contributed by atoms with Crippen molar-refractivity contribution in [2.75, 3.05) is 6.54 Å². The van der Waals surface area contributed by atoms with Crippen LogP contribution in [0.1, 0.15) is 52.8 Å². The highest BCUT2D eigenvalue weighted by atomic mass is 16.4. The maximum atomic E-state index is 13.3. The largest absolute Gasteiger partial charge is 0.423 e. The summed E-state index contributed by atoms with van der Waals surface area (Å²) in [7, 11) is 0. The minimum atomic E-state index is -0.619. The van der Waals surface area contributed by atoms with Gasteiger partial charge in [-0.15, -0.1) is 10.2 Å². The van der Waals surface area contributed by atoms with Crippen molar-refractivity contribution in [3.8, 4) is 0 Å². The average molecular weight is 366 g/mol. The molecule has 0 radical (unpaired) electrons. The summed E-state index contributed by atoms with van der Waals surface area (Å²) >= 11 is 0. The van der Waals surface area contributed by atoms with E-state index in [1.54, 1.807) is 4.90 Å². The smallest absolute Gasteiger partial charge is 0.256 e. The lowest BCUT2D eigenvalue weighted by molar-refractivity contribution is 0.0696. The van der Waals surface area contributed by atoms with E-state index in [0.29, 0.717) is 35.9 Å². The number of aliphatic hydroxyl groups is 1. The van der Waals surface area contributed by atoms with Crippen LogP contribution in [0.5, 0.6) is 0 Å². The fraction of sp³-hybridized carbons (Fsp3) is 0.400. The fourth-order valence-corrected chi connectivity index (χ4v) is 3.58. The van der Waals surface area contributed by atoms with Gasteiger partial charge in [-0.1, -0.05) is 18.6 Å². The van der Waals surface area contributed by atoms with E-state index >= 15 is 0 Å². The van der Waals surface area contributed by atoms with Crippen molar-refractivity contribution in [2.45, 2.75) is 45.8 Å². The van der Waals surface area contributed by atoms with Crippen molar-refractivity contribution < 1.29 is 14.3 Å². The van der Waals surface area contributed by atoms with Gasteiger partial charge in [0.15, 0.2) is 0 Å². The van der Waals surface area contributed by atoms with E-state index in [1.807, 2.05) is 45.0 Å². The average Bonchev–Trinajstić information content (AvgIpc) is 3.27. The number of aliphatic hydroxyl groups excluding tert-OH is 1. The third-order valence-corrected chi connectivity index (χ3v) is 5.00. The molecule has 2 aromatic heterocycles. The predicted octanol–water partition coefficient (Wildman–Crippen LogP) is 2.75. The maximum absolute atomic E-state index is 13.3. The summed E-state index contributed by atoms with van der Waals surface area (Å²) in [6.45, 7) is 6.00. The van der Waals surface area contributed by atoms with Crippen molar-refractivity contribution in [1.29, 1.82) is 0 Å². The number of pyridine rings is 1.